The third-order valence-corrected chi connectivity index (χ3v) is 4.34. The van der Waals surface area contributed by atoms with Crippen molar-refractivity contribution >= 4 is 0 Å². The molecule has 0 saturated heterocycles. The fourth-order valence-corrected chi connectivity index (χ4v) is 3.05. The summed E-state index contributed by atoms with van der Waals surface area (Å²) in [4.78, 5) is 0. The molecule has 120 valence electrons. The average molecular weight is 307 g/mol. The summed E-state index contributed by atoms with van der Waals surface area (Å²) < 4.78 is 79.5. The van der Waals surface area contributed by atoms with Crippen molar-refractivity contribution in [3.63, 3.8) is 0 Å². The smallest absolute Gasteiger partial charge is 0.357 e. The van der Waals surface area contributed by atoms with Crippen LogP contribution < -0.4 is 5.32 Å². The quantitative estimate of drug-likeness (QED) is 0.783. The van der Waals surface area contributed by atoms with Crippen LogP contribution in [0.2, 0.25) is 0 Å². The Morgan fingerprint density at radius 3 is 1.85 bits per heavy atom. The van der Waals surface area contributed by atoms with Gasteiger partial charge in [-0.3, -0.25) is 0 Å². The maximum atomic E-state index is 12.5. The van der Waals surface area contributed by atoms with Crippen molar-refractivity contribution in [2.24, 2.45) is 5.41 Å². The van der Waals surface area contributed by atoms with E-state index in [0.717, 1.165) is 0 Å². The number of ether oxygens (including phenoxy) is 1. The summed E-state index contributed by atoms with van der Waals surface area (Å²) in [5.41, 5.74) is -0.677. The molecule has 1 rings (SSSR count). The van der Waals surface area contributed by atoms with Crippen LogP contribution in [0.15, 0.2) is 0 Å². The number of rotatable bonds is 5. The minimum absolute atomic E-state index is 0.121. The van der Waals surface area contributed by atoms with E-state index in [1.165, 1.54) is 0 Å². The zero-order valence-corrected chi connectivity index (χ0v) is 11.5. The number of hydrogen-bond donors (Lipinski definition) is 1. The first-order valence-electron chi connectivity index (χ1n) is 6.49. The second-order valence-corrected chi connectivity index (χ2v) is 5.11. The van der Waals surface area contributed by atoms with Crippen LogP contribution in [0.25, 0.3) is 0 Å². The molecule has 0 aromatic carbocycles. The molecule has 1 N–H and O–H groups in total. The van der Waals surface area contributed by atoms with E-state index in [1.807, 2.05) is 0 Å². The fourth-order valence-electron chi connectivity index (χ4n) is 3.05. The fraction of sp³-hybridized carbons (Fsp3) is 1.00. The van der Waals surface area contributed by atoms with Gasteiger partial charge in [-0.15, -0.1) is 0 Å². The lowest BCUT2D eigenvalue weighted by atomic mass is 9.58. The standard InChI is InChI=1S/C12H19F6NO/c1-4-10(5-2)7(19-3)6-8(10)20-9(11(13,14)15)12(16,17)18/h7-9,19H,4-6H2,1-3H3. The van der Waals surface area contributed by atoms with Crippen molar-refractivity contribution in [1.29, 1.82) is 0 Å². The lowest BCUT2D eigenvalue weighted by Gasteiger charge is -2.56. The molecule has 0 heterocycles. The molecule has 1 fully saturated rings. The third kappa shape index (κ3) is 3.05. The Morgan fingerprint density at radius 1 is 1.10 bits per heavy atom. The van der Waals surface area contributed by atoms with Crippen molar-refractivity contribution in [1.82, 2.24) is 5.32 Å². The van der Waals surface area contributed by atoms with Gasteiger partial charge in [-0.25, -0.2) is 0 Å². The maximum absolute atomic E-state index is 12.5. The van der Waals surface area contributed by atoms with Gasteiger partial charge in [0.1, 0.15) is 0 Å². The molecule has 8 heteroatoms. The summed E-state index contributed by atoms with van der Waals surface area (Å²) in [5.74, 6) is 0. The van der Waals surface area contributed by atoms with Gasteiger partial charge in [-0.1, -0.05) is 13.8 Å². The molecule has 0 radical (unpaired) electrons. The Labute approximate surface area is 113 Å². The molecule has 20 heavy (non-hydrogen) atoms. The molecule has 0 bridgehead atoms. The highest BCUT2D eigenvalue weighted by molar-refractivity contribution is 5.07. The molecule has 1 saturated carbocycles. The van der Waals surface area contributed by atoms with E-state index in [1.54, 1.807) is 20.9 Å². The van der Waals surface area contributed by atoms with Crippen molar-refractivity contribution < 1.29 is 31.1 Å². The first-order chi connectivity index (χ1) is 9.02. The first kappa shape index (κ1) is 17.6. The molecule has 0 amide bonds. The highest BCUT2D eigenvalue weighted by atomic mass is 19.4. The van der Waals surface area contributed by atoms with Crippen LogP contribution in [-0.4, -0.2) is 37.7 Å². The van der Waals surface area contributed by atoms with Crippen LogP contribution in [0.5, 0.6) is 0 Å². The van der Waals surface area contributed by atoms with Gasteiger partial charge in [0.25, 0.3) is 0 Å². The maximum Gasteiger partial charge on any atom is 0.423 e. The van der Waals surface area contributed by atoms with Crippen LogP contribution in [0.4, 0.5) is 26.3 Å². The molecule has 0 aromatic heterocycles. The van der Waals surface area contributed by atoms with Gasteiger partial charge in [-0.2, -0.15) is 26.3 Å². The van der Waals surface area contributed by atoms with Gasteiger partial charge in [0.2, 0.25) is 6.10 Å². The highest BCUT2D eigenvalue weighted by Gasteiger charge is 2.62. The molecule has 1 aliphatic carbocycles. The first-order valence-corrected chi connectivity index (χ1v) is 6.49. The molecule has 2 unspecified atom stereocenters. The predicted molar refractivity (Wildman–Crippen MR) is 61.3 cm³/mol. The molecular weight excluding hydrogens is 288 g/mol. The SMILES string of the molecule is CCC1(CC)C(NC)CC1OC(C(F)(F)F)C(F)(F)F. The molecular formula is C12H19F6NO. The summed E-state index contributed by atoms with van der Waals surface area (Å²) in [7, 11) is 1.64. The Kier molecular flexibility index (Phi) is 5.01. The Balaban J connectivity index is 2.91. The summed E-state index contributed by atoms with van der Waals surface area (Å²) in [6.45, 7) is 3.50. The highest BCUT2D eigenvalue weighted by Crippen LogP contribution is 2.51. The number of halogens is 6. The summed E-state index contributed by atoms with van der Waals surface area (Å²) in [6.07, 6.45) is -14.6. The topological polar surface area (TPSA) is 21.3 Å². The van der Waals surface area contributed by atoms with Gasteiger partial charge in [0.15, 0.2) is 0 Å². The Bertz CT molecular complexity index is 309. The van der Waals surface area contributed by atoms with Crippen molar-refractivity contribution in [2.75, 3.05) is 7.05 Å². The minimum atomic E-state index is -5.45. The minimum Gasteiger partial charge on any atom is -0.357 e. The second-order valence-electron chi connectivity index (χ2n) is 5.11. The van der Waals surface area contributed by atoms with E-state index in [0.29, 0.717) is 12.8 Å². The van der Waals surface area contributed by atoms with Gasteiger partial charge < -0.3 is 10.1 Å². The van der Waals surface area contributed by atoms with Crippen molar-refractivity contribution in [2.45, 2.75) is 63.7 Å². The summed E-state index contributed by atoms with van der Waals surface area (Å²) >= 11 is 0. The monoisotopic (exact) mass is 307 g/mol. The van der Waals surface area contributed by atoms with Gasteiger partial charge in [0, 0.05) is 11.5 Å². The van der Waals surface area contributed by atoms with Crippen molar-refractivity contribution in [3.8, 4) is 0 Å². The van der Waals surface area contributed by atoms with Gasteiger partial charge in [-0.05, 0) is 26.3 Å². The van der Waals surface area contributed by atoms with E-state index < -0.39 is 30.0 Å². The van der Waals surface area contributed by atoms with Crippen LogP contribution in [-0.2, 0) is 4.74 Å². The average Bonchev–Trinajstić information content (AvgIpc) is 2.26. The molecule has 0 aromatic rings. The van der Waals surface area contributed by atoms with Crippen LogP contribution in [0.3, 0.4) is 0 Å². The zero-order valence-electron chi connectivity index (χ0n) is 11.5. The number of nitrogens with one attached hydrogen (secondary N) is 1. The summed E-state index contributed by atoms with van der Waals surface area (Å²) in [6, 6.07) is -0.121. The van der Waals surface area contributed by atoms with Gasteiger partial charge in [0.05, 0.1) is 6.10 Å². The Hall–Kier alpha value is -0.500. The Morgan fingerprint density at radius 2 is 1.55 bits per heavy atom. The third-order valence-electron chi connectivity index (χ3n) is 4.34. The normalized spacial score (nSPS) is 26.7. The van der Waals surface area contributed by atoms with Crippen LogP contribution in [0.1, 0.15) is 33.1 Å². The second kappa shape index (κ2) is 5.71. The lowest BCUT2D eigenvalue weighted by Crippen LogP contribution is -2.65. The molecule has 0 aliphatic heterocycles. The van der Waals surface area contributed by atoms with Crippen LogP contribution >= 0.6 is 0 Å². The summed E-state index contributed by atoms with van der Waals surface area (Å²) in [5, 5.41) is 2.93. The lowest BCUT2D eigenvalue weighted by molar-refractivity contribution is -0.349. The molecule has 1 aliphatic rings. The number of alkyl halides is 6. The van der Waals surface area contributed by atoms with E-state index in [9.17, 15) is 26.3 Å². The zero-order chi connectivity index (χ0) is 15.8. The van der Waals surface area contributed by atoms with E-state index in [2.05, 4.69) is 10.1 Å². The van der Waals surface area contributed by atoms with E-state index in [-0.39, 0.29) is 12.5 Å². The molecule has 2 nitrogen and oxygen atoms in total. The number of hydrogen-bond acceptors (Lipinski definition) is 2. The van der Waals surface area contributed by atoms with E-state index >= 15 is 0 Å². The van der Waals surface area contributed by atoms with E-state index in [4.69, 9.17) is 0 Å². The molecule has 0 spiro atoms. The van der Waals surface area contributed by atoms with Crippen molar-refractivity contribution in [3.05, 3.63) is 0 Å². The van der Waals surface area contributed by atoms with Gasteiger partial charge >= 0.3 is 12.4 Å². The van der Waals surface area contributed by atoms with Crippen LogP contribution in [0, 0.1) is 5.41 Å². The molecule has 2 atom stereocenters. The predicted octanol–water partition coefficient (Wildman–Crippen LogP) is 3.66. The largest absolute Gasteiger partial charge is 0.423 e.